The highest BCUT2D eigenvalue weighted by molar-refractivity contribution is 6.04. The maximum absolute atomic E-state index is 13.7. The summed E-state index contributed by atoms with van der Waals surface area (Å²) in [5.41, 5.74) is 3.99. The maximum Gasteiger partial charge on any atom is 0.256 e. The van der Waals surface area contributed by atoms with E-state index >= 15 is 0 Å². The van der Waals surface area contributed by atoms with Gasteiger partial charge in [0, 0.05) is 37.3 Å². The molecule has 0 aliphatic carbocycles. The van der Waals surface area contributed by atoms with E-state index < -0.39 is 0 Å². The molecule has 3 aromatic rings. The monoisotopic (exact) mass is 420 g/mol. The van der Waals surface area contributed by atoms with Gasteiger partial charge >= 0.3 is 0 Å². The second-order valence-electron chi connectivity index (χ2n) is 8.23. The molecule has 0 unspecified atom stereocenters. The average molecular weight is 421 g/mol. The van der Waals surface area contributed by atoms with Gasteiger partial charge in [0.2, 0.25) is 0 Å². The lowest BCUT2D eigenvalue weighted by Gasteiger charge is -2.25. The number of rotatable bonds is 4. The summed E-state index contributed by atoms with van der Waals surface area (Å²) in [7, 11) is 0. The summed E-state index contributed by atoms with van der Waals surface area (Å²) in [5, 5.41) is 0. The van der Waals surface area contributed by atoms with Crippen LogP contribution in [0.3, 0.4) is 0 Å². The third kappa shape index (κ3) is 3.62. The van der Waals surface area contributed by atoms with Gasteiger partial charge in [-0.1, -0.05) is 18.6 Å². The molecular formula is C24H28N4O3. The predicted molar refractivity (Wildman–Crippen MR) is 118 cm³/mol. The van der Waals surface area contributed by atoms with Crippen molar-refractivity contribution in [1.82, 2.24) is 19.4 Å². The van der Waals surface area contributed by atoms with Gasteiger partial charge < -0.3 is 18.9 Å². The van der Waals surface area contributed by atoms with E-state index in [4.69, 9.17) is 19.4 Å². The van der Waals surface area contributed by atoms with Crippen LogP contribution in [0.1, 0.15) is 53.6 Å². The van der Waals surface area contributed by atoms with E-state index in [-0.39, 0.29) is 5.91 Å². The lowest BCUT2D eigenvalue weighted by Crippen LogP contribution is -2.31. The van der Waals surface area contributed by atoms with Gasteiger partial charge in [0.15, 0.2) is 17.1 Å². The first kappa shape index (κ1) is 19.8. The van der Waals surface area contributed by atoms with Crippen molar-refractivity contribution in [1.29, 1.82) is 0 Å². The van der Waals surface area contributed by atoms with Gasteiger partial charge in [-0.25, -0.2) is 9.97 Å². The predicted octanol–water partition coefficient (Wildman–Crippen LogP) is 3.90. The zero-order valence-electron chi connectivity index (χ0n) is 18.2. The number of hydrogen-bond acceptors (Lipinski definition) is 5. The van der Waals surface area contributed by atoms with E-state index in [1.807, 2.05) is 43.0 Å². The van der Waals surface area contributed by atoms with E-state index in [1.54, 1.807) is 0 Å². The van der Waals surface area contributed by atoms with Crippen molar-refractivity contribution in [3.05, 3.63) is 46.9 Å². The summed E-state index contributed by atoms with van der Waals surface area (Å²) < 4.78 is 13.8. The summed E-state index contributed by atoms with van der Waals surface area (Å²) in [5.74, 6) is 2.50. The van der Waals surface area contributed by atoms with Gasteiger partial charge in [0.1, 0.15) is 24.6 Å². The lowest BCUT2D eigenvalue weighted by molar-refractivity contribution is 0.0750. The Bertz CT molecular complexity index is 1140. The molecule has 0 N–H and O–H groups in total. The smallest absolute Gasteiger partial charge is 0.256 e. The number of carbonyl (C=O) groups excluding carboxylic acids is 1. The van der Waals surface area contributed by atoms with Crippen molar-refractivity contribution in [2.24, 2.45) is 0 Å². The number of ether oxygens (including phenoxy) is 2. The number of aryl methyl sites for hydroxylation is 3. The summed E-state index contributed by atoms with van der Waals surface area (Å²) >= 11 is 0. The van der Waals surface area contributed by atoms with Crippen LogP contribution in [0.2, 0.25) is 0 Å². The number of benzene rings is 1. The largest absolute Gasteiger partial charge is 0.486 e. The third-order valence-electron chi connectivity index (χ3n) is 6.10. The van der Waals surface area contributed by atoms with Gasteiger partial charge in [-0.15, -0.1) is 0 Å². The van der Waals surface area contributed by atoms with E-state index in [0.29, 0.717) is 31.9 Å². The molecule has 2 aliphatic rings. The van der Waals surface area contributed by atoms with Gasteiger partial charge in [-0.05, 0) is 38.8 Å². The fourth-order valence-corrected chi connectivity index (χ4v) is 4.54. The van der Waals surface area contributed by atoms with Crippen LogP contribution in [0.15, 0.2) is 24.3 Å². The van der Waals surface area contributed by atoms with Crippen LogP contribution < -0.4 is 9.47 Å². The van der Waals surface area contributed by atoms with E-state index in [1.165, 1.54) is 6.42 Å². The van der Waals surface area contributed by atoms with Crippen LogP contribution in [0, 0.1) is 6.92 Å². The van der Waals surface area contributed by atoms with E-state index in [2.05, 4.69) is 4.57 Å². The Hall–Kier alpha value is -3.09. The Kier molecular flexibility index (Phi) is 5.26. The molecule has 5 rings (SSSR count). The summed E-state index contributed by atoms with van der Waals surface area (Å²) in [4.78, 5) is 25.1. The number of nitrogens with zero attached hydrogens (tertiary/aromatic N) is 4. The zero-order valence-corrected chi connectivity index (χ0v) is 18.2. The maximum atomic E-state index is 13.7. The zero-order chi connectivity index (χ0) is 21.4. The molecule has 162 valence electrons. The van der Waals surface area contributed by atoms with E-state index in [0.717, 1.165) is 65.6 Å². The summed E-state index contributed by atoms with van der Waals surface area (Å²) in [6, 6.07) is 7.72. The minimum absolute atomic E-state index is 0.0272. The normalized spacial score (nSPS) is 15.4. The Balaban J connectivity index is 1.52. The molecule has 31 heavy (non-hydrogen) atoms. The van der Waals surface area contributed by atoms with Gasteiger partial charge in [-0.3, -0.25) is 4.79 Å². The van der Waals surface area contributed by atoms with Crippen LogP contribution in [0.5, 0.6) is 11.5 Å². The van der Waals surface area contributed by atoms with E-state index in [9.17, 15) is 4.79 Å². The number of para-hydroxylation sites is 1. The molecule has 0 radical (unpaired) electrons. The van der Waals surface area contributed by atoms with Crippen LogP contribution in [0.4, 0.5) is 0 Å². The van der Waals surface area contributed by atoms with Crippen molar-refractivity contribution in [3.8, 4) is 11.5 Å². The quantitative estimate of drug-likeness (QED) is 0.640. The molecule has 0 fully saturated rings. The Morgan fingerprint density at radius 1 is 1.16 bits per heavy atom. The molecular weight excluding hydrogens is 392 g/mol. The summed E-state index contributed by atoms with van der Waals surface area (Å²) in [6.07, 6.45) is 4.40. The Morgan fingerprint density at radius 2 is 2.03 bits per heavy atom. The molecule has 0 spiro atoms. The summed E-state index contributed by atoms with van der Waals surface area (Å²) in [6.45, 7) is 6.97. The fourth-order valence-electron chi connectivity index (χ4n) is 4.54. The molecule has 1 aromatic carbocycles. The van der Waals surface area contributed by atoms with Crippen molar-refractivity contribution in [2.45, 2.75) is 52.6 Å². The molecule has 7 heteroatoms. The third-order valence-corrected chi connectivity index (χ3v) is 6.10. The van der Waals surface area contributed by atoms with Crippen LogP contribution in [0.25, 0.3) is 11.2 Å². The molecule has 0 atom stereocenters. The van der Waals surface area contributed by atoms with Crippen molar-refractivity contribution >= 4 is 17.1 Å². The van der Waals surface area contributed by atoms with Crippen molar-refractivity contribution < 1.29 is 14.3 Å². The highest BCUT2D eigenvalue weighted by atomic mass is 16.6. The number of amides is 1. The first-order valence-electron chi connectivity index (χ1n) is 11.2. The minimum Gasteiger partial charge on any atom is -0.486 e. The Morgan fingerprint density at radius 3 is 2.90 bits per heavy atom. The van der Waals surface area contributed by atoms with Gasteiger partial charge in [-0.2, -0.15) is 0 Å². The van der Waals surface area contributed by atoms with Crippen LogP contribution >= 0.6 is 0 Å². The lowest BCUT2D eigenvalue weighted by atomic mass is 10.1. The first-order valence-corrected chi connectivity index (χ1v) is 11.2. The second-order valence-corrected chi connectivity index (χ2v) is 8.23. The first-order chi connectivity index (χ1) is 15.2. The number of hydrogen-bond donors (Lipinski definition) is 0. The number of carbonyl (C=O) groups is 1. The van der Waals surface area contributed by atoms with Crippen LogP contribution in [-0.4, -0.2) is 45.1 Å². The molecule has 0 saturated carbocycles. The number of imidazole rings is 1. The molecule has 2 aromatic heterocycles. The topological polar surface area (TPSA) is 69.5 Å². The second kappa shape index (κ2) is 8.21. The standard InChI is InChI=1S/C24H28N4O3/c1-3-27(15-17-8-7-9-19-22(17)31-13-12-30-19)24(29)18-14-16(2)25-23-21(18)26-20-10-5-4-6-11-28(20)23/h7-9,14H,3-6,10-13,15H2,1-2H3. The fraction of sp³-hybridized carbons (Fsp3) is 0.458. The molecule has 1 amide bonds. The Labute approximate surface area is 182 Å². The van der Waals surface area contributed by atoms with Crippen molar-refractivity contribution in [3.63, 3.8) is 0 Å². The number of pyridine rings is 1. The molecule has 7 nitrogen and oxygen atoms in total. The van der Waals surface area contributed by atoms with Crippen molar-refractivity contribution in [2.75, 3.05) is 19.8 Å². The molecule has 2 aliphatic heterocycles. The van der Waals surface area contributed by atoms with Gasteiger partial charge in [0.05, 0.1) is 5.56 Å². The SMILES string of the molecule is CCN(Cc1cccc2c1OCCO2)C(=O)c1cc(C)nc2c1nc1n2CCCCC1. The number of fused-ring (bicyclic) bond motifs is 4. The number of aromatic nitrogens is 3. The highest BCUT2D eigenvalue weighted by Gasteiger charge is 2.25. The molecule has 0 bridgehead atoms. The van der Waals surface area contributed by atoms with Gasteiger partial charge in [0.25, 0.3) is 5.91 Å². The highest BCUT2D eigenvalue weighted by Crippen LogP contribution is 2.34. The molecule has 0 saturated heterocycles. The average Bonchev–Trinajstić information content (AvgIpc) is 2.97. The minimum atomic E-state index is -0.0272. The van der Waals surface area contributed by atoms with Crippen LogP contribution in [-0.2, 0) is 19.5 Å². The molecule has 4 heterocycles.